The predicted octanol–water partition coefficient (Wildman–Crippen LogP) is 2.52. The lowest BCUT2D eigenvalue weighted by molar-refractivity contribution is 0.0951. The van der Waals surface area contributed by atoms with Crippen LogP contribution in [0, 0.1) is 6.92 Å². The first-order valence-corrected chi connectivity index (χ1v) is 6.08. The van der Waals surface area contributed by atoms with Crippen molar-refractivity contribution in [3.8, 4) is 0 Å². The molecule has 0 heterocycles. The van der Waals surface area contributed by atoms with Crippen molar-refractivity contribution in [2.24, 2.45) is 0 Å². The molecule has 0 aliphatic carbocycles. The van der Waals surface area contributed by atoms with E-state index in [1.807, 2.05) is 13.0 Å². The van der Waals surface area contributed by atoms with Gasteiger partial charge in [-0.1, -0.05) is 27.5 Å². The minimum atomic E-state index is -0.220. The summed E-state index contributed by atoms with van der Waals surface area (Å²) in [7, 11) is 0. The molecular formula is C11H13BrClNO2. The highest BCUT2D eigenvalue weighted by Crippen LogP contribution is 2.25. The predicted molar refractivity (Wildman–Crippen MR) is 67.9 cm³/mol. The molecule has 0 saturated carbocycles. The van der Waals surface area contributed by atoms with Crippen LogP contribution in [0.15, 0.2) is 16.6 Å². The van der Waals surface area contributed by atoms with Gasteiger partial charge in [0, 0.05) is 17.6 Å². The molecule has 0 radical (unpaired) electrons. The summed E-state index contributed by atoms with van der Waals surface area (Å²) in [6, 6.07) is 3.54. The lowest BCUT2D eigenvalue weighted by atomic mass is 10.1. The van der Waals surface area contributed by atoms with E-state index in [2.05, 4.69) is 21.2 Å². The van der Waals surface area contributed by atoms with E-state index in [-0.39, 0.29) is 12.5 Å². The average Bonchev–Trinajstić information content (AvgIpc) is 2.23. The van der Waals surface area contributed by atoms with Crippen molar-refractivity contribution in [2.45, 2.75) is 13.3 Å². The number of amides is 1. The van der Waals surface area contributed by atoms with Crippen molar-refractivity contribution in [3.63, 3.8) is 0 Å². The van der Waals surface area contributed by atoms with E-state index in [0.29, 0.717) is 23.6 Å². The van der Waals surface area contributed by atoms with Crippen LogP contribution in [0.4, 0.5) is 0 Å². The molecule has 0 fully saturated rings. The van der Waals surface area contributed by atoms with Gasteiger partial charge in [0.05, 0.1) is 10.6 Å². The molecule has 1 rings (SSSR count). The third-order valence-corrected chi connectivity index (χ3v) is 3.04. The van der Waals surface area contributed by atoms with E-state index in [0.717, 1.165) is 10.0 Å². The summed E-state index contributed by atoms with van der Waals surface area (Å²) < 4.78 is 0.821. The fraction of sp³-hybridized carbons (Fsp3) is 0.364. The molecule has 0 aliphatic heterocycles. The number of aryl methyl sites for hydroxylation is 1. The smallest absolute Gasteiger partial charge is 0.252 e. The molecule has 16 heavy (non-hydrogen) atoms. The maximum atomic E-state index is 11.7. The van der Waals surface area contributed by atoms with Gasteiger partial charge in [0.1, 0.15) is 0 Å². The maximum Gasteiger partial charge on any atom is 0.252 e. The Bertz CT molecular complexity index is 396. The van der Waals surface area contributed by atoms with Crippen molar-refractivity contribution < 1.29 is 9.90 Å². The summed E-state index contributed by atoms with van der Waals surface area (Å²) in [5.74, 6) is -0.220. The van der Waals surface area contributed by atoms with Crippen LogP contribution >= 0.6 is 27.5 Å². The van der Waals surface area contributed by atoms with Gasteiger partial charge >= 0.3 is 0 Å². The van der Waals surface area contributed by atoms with Crippen molar-refractivity contribution in [1.29, 1.82) is 0 Å². The van der Waals surface area contributed by atoms with E-state index in [1.54, 1.807) is 6.07 Å². The standard InChI is InChI=1S/C11H13BrClNO2/c1-7-5-8(12)6-9(10(7)13)11(16)14-3-2-4-15/h5-6,15H,2-4H2,1H3,(H,14,16). The van der Waals surface area contributed by atoms with E-state index < -0.39 is 0 Å². The fourth-order valence-corrected chi connectivity index (χ4v) is 2.03. The number of halogens is 2. The molecule has 2 N–H and O–H groups in total. The number of aliphatic hydroxyl groups excluding tert-OH is 1. The molecule has 0 bridgehead atoms. The maximum absolute atomic E-state index is 11.7. The molecule has 3 nitrogen and oxygen atoms in total. The Morgan fingerprint density at radius 1 is 1.56 bits per heavy atom. The monoisotopic (exact) mass is 305 g/mol. The Labute approximate surface area is 108 Å². The summed E-state index contributed by atoms with van der Waals surface area (Å²) >= 11 is 9.36. The van der Waals surface area contributed by atoms with E-state index in [9.17, 15) is 4.79 Å². The summed E-state index contributed by atoms with van der Waals surface area (Å²) in [5.41, 5.74) is 1.30. The summed E-state index contributed by atoms with van der Waals surface area (Å²) in [6.07, 6.45) is 0.538. The van der Waals surface area contributed by atoms with Crippen LogP contribution in [0.25, 0.3) is 0 Å². The van der Waals surface area contributed by atoms with Gasteiger partial charge in [-0.25, -0.2) is 0 Å². The van der Waals surface area contributed by atoms with Crippen LogP contribution in [0.5, 0.6) is 0 Å². The number of hydrogen-bond acceptors (Lipinski definition) is 2. The molecule has 1 aromatic carbocycles. The van der Waals surface area contributed by atoms with Gasteiger partial charge in [0.25, 0.3) is 5.91 Å². The molecule has 0 spiro atoms. The van der Waals surface area contributed by atoms with Crippen molar-refractivity contribution in [1.82, 2.24) is 5.32 Å². The van der Waals surface area contributed by atoms with Gasteiger partial charge in [-0.05, 0) is 31.0 Å². The molecule has 1 amide bonds. The topological polar surface area (TPSA) is 49.3 Å². The van der Waals surface area contributed by atoms with E-state index in [4.69, 9.17) is 16.7 Å². The number of nitrogens with one attached hydrogen (secondary N) is 1. The number of carbonyl (C=O) groups is 1. The summed E-state index contributed by atoms with van der Waals surface area (Å²) in [6.45, 7) is 2.35. The third-order valence-electron chi connectivity index (χ3n) is 2.08. The van der Waals surface area contributed by atoms with Gasteiger partial charge in [-0.2, -0.15) is 0 Å². The Morgan fingerprint density at radius 3 is 2.88 bits per heavy atom. The van der Waals surface area contributed by atoms with Gasteiger partial charge < -0.3 is 10.4 Å². The van der Waals surface area contributed by atoms with Crippen LogP contribution in [0.2, 0.25) is 5.02 Å². The highest BCUT2D eigenvalue weighted by molar-refractivity contribution is 9.10. The van der Waals surface area contributed by atoms with Crippen LogP contribution in [-0.4, -0.2) is 24.2 Å². The second-order valence-electron chi connectivity index (χ2n) is 3.42. The van der Waals surface area contributed by atoms with Gasteiger partial charge in [0.2, 0.25) is 0 Å². The quantitative estimate of drug-likeness (QED) is 0.840. The highest BCUT2D eigenvalue weighted by Gasteiger charge is 2.12. The molecule has 0 atom stereocenters. The molecular weight excluding hydrogens is 293 g/mol. The SMILES string of the molecule is Cc1cc(Br)cc(C(=O)NCCCO)c1Cl. The first kappa shape index (κ1) is 13.5. The molecule has 88 valence electrons. The Kier molecular flexibility index (Phi) is 5.25. The van der Waals surface area contributed by atoms with Crippen LogP contribution < -0.4 is 5.32 Å². The first-order valence-electron chi connectivity index (χ1n) is 4.91. The minimum Gasteiger partial charge on any atom is -0.396 e. The number of rotatable bonds is 4. The highest BCUT2D eigenvalue weighted by atomic mass is 79.9. The molecule has 0 unspecified atom stereocenters. The number of benzene rings is 1. The number of carbonyl (C=O) groups excluding carboxylic acids is 1. The first-order chi connectivity index (χ1) is 7.56. The fourth-order valence-electron chi connectivity index (χ4n) is 1.27. The van der Waals surface area contributed by atoms with E-state index >= 15 is 0 Å². The molecule has 0 aliphatic rings. The van der Waals surface area contributed by atoms with Crippen molar-refractivity contribution >= 4 is 33.4 Å². The summed E-state index contributed by atoms with van der Waals surface area (Å²) in [4.78, 5) is 11.7. The zero-order valence-electron chi connectivity index (χ0n) is 8.89. The van der Waals surface area contributed by atoms with Crippen molar-refractivity contribution in [2.75, 3.05) is 13.2 Å². The van der Waals surface area contributed by atoms with E-state index in [1.165, 1.54) is 0 Å². The zero-order valence-corrected chi connectivity index (χ0v) is 11.2. The number of aliphatic hydroxyl groups is 1. The molecule has 0 saturated heterocycles. The second kappa shape index (κ2) is 6.23. The number of hydrogen-bond donors (Lipinski definition) is 2. The van der Waals surface area contributed by atoms with Crippen LogP contribution in [0.3, 0.4) is 0 Å². The van der Waals surface area contributed by atoms with Crippen LogP contribution in [0.1, 0.15) is 22.3 Å². The zero-order chi connectivity index (χ0) is 12.1. The van der Waals surface area contributed by atoms with Gasteiger partial charge in [-0.15, -0.1) is 0 Å². The Hall–Kier alpha value is -0.580. The van der Waals surface area contributed by atoms with Crippen LogP contribution in [-0.2, 0) is 0 Å². The second-order valence-corrected chi connectivity index (χ2v) is 4.71. The largest absolute Gasteiger partial charge is 0.396 e. The third kappa shape index (κ3) is 3.47. The van der Waals surface area contributed by atoms with Crippen molar-refractivity contribution in [3.05, 3.63) is 32.8 Å². The average molecular weight is 307 g/mol. The van der Waals surface area contributed by atoms with Gasteiger partial charge in [0.15, 0.2) is 0 Å². The molecule has 0 aromatic heterocycles. The lowest BCUT2D eigenvalue weighted by Crippen LogP contribution is -2.25. The van der Waals surface area contributed by atoms with Gasteiger partial charge in [-0.3, -0.25) is 4.79 Å². The minimum absolute atomic E-state index is 0.0610. The lowest BCUT2D eigenvalue weighted by Gasteiger charge is -2.08. The normalized spacial score (nSPS) is 10.2. The molecule has 1 aromatic rings. The molecule has 5 heteroatoms. The Balaban J connectivity index is 2.82. The Morgan fingerprint density at radius 2 is 2.25 bits per heavy atom. The summed E-state index contributed by atoms with van der Waals surface area (Å²) in [5, 5.41) is 11.8.